The van der Waals surface area contributed by atoms with Crippen LogP contribution in [-0.2, 0) is 9.59 Å². The second-order valence-electron chi connectivity index (χ2n) is 8.44. The molecule has 2 fully saturated rings. The van der Waals surface area contributed by atoms with Crippen LogP contribution in [0.25, 0.3) is 0 Å². The first-order valence-electron chi connectivity index (χ1n) is 10.6. The summed E-state index contributed by atoms with van der Waals surface area (Å²) in [6, 6.07) is -2.71. The molecule has 0 aliphatic heterocycles. The van der Waals surface area contributed by atoms with Gasteiger partial charge in [0, 0.05) is 11.8 Å². The number of hydrogen-bond acceptors (Lipinski definition) is 5. The number of aliphatic hydroxyl groups is 1. The number of carbonyl (C=O) groups excluding carboxylic acids is 2. The molecule has 33 heavy (non-hydrogen) atoms. The Morgan fingerprint density at radius 1 is 1.03 bits per heavy atom. The van der Waals surface area contributed by atoms with Crippen molar-refractivity contribution in [1.82, 2.24) is 16.0 Å². The SMILES string of the molecule is CC[C@H](NC(=O)[C@H](CSCC1CC1)NCC(F)(F)C(F)(F)C(F)(F)F)C(O)C(=O)NC1CC1. The third-order valence-corrected chi connectivity index (χ3v) is 6.65. The molecule has 6 nitrogen and oxygen atoms in total. The molecule has 0 heterocycles. The summed E-state index contributed by atoms with van der Waals surface area (Å²) in [6.45, 7) is -0.552. The predicted octanol–water partition coefficient (Wildman–Crippen LogP) is 2.46. The van der Waals surface area contributed by atoms with Crippen LogP contribution in [-0.4, -0.2) is 77.2 Å². The Labute approximate surface area is 190 Å². The lowest BCUT2D eigenvalue weighted by atomic mass is 10.1. The van der Waals surface area contributed by atoms with Crippen molar-refractivity contribution in [3.63, 3.8) is 0 Å². The van der Waals surface area contributed by atoms with E-state index >= 15 is 0 Å². The van der Waals surface area contributed by atoms with E-state index in [0.29, 0.717) is 11.7 Å². The zero-order chi connectivity index (χ0) is 25.0. The van der Waals surface area contributed by atoms with Crippen molar-refractivity contribution in [3.8, 4) is 0 Å². The largest absolute Gasteiger partial charge is 0.459 e. The van der Waals surface area contributed by atoms with Gasteiger partial charge in [0.2, 0.25) is 5.91 Å². The molecular formula is C19H28F7N3O3S. The number of thioether (sulfide) groups is 1. The number of amides is 2. The molecule has 2 saturated carbocycles. The van der Waals surface area contributed by atoms with Gasteiger partial charge in [0.25, 0.3) is 5.91 Å². The molecule has 2 aliphatic carbocycles. The minimum atomic E-state index is -6.47. The fourth-order valence-electron chi connectivity index (χ4n) is 2.82. The smallest absolute Gasteiger partial charge is 0.381 e. The molecule has 1 unspecified atom stereocenters. The lowest BCUT2D eigenvalue weighted by molar-refractivity contribution is -0.352. The summed E-state index contributed by atoms with van der Waals surface area (Å²) in [4.78, 5) is 24.7. The van der Waals surface area contributed by atoms with E-state index < -0.39 is 54.6 Å². The summed E-state index contributed by atoms with van der Waals surface area (Å²) in [5.41, 5.74) is 0. The van der Waals surface area contributed by atoms with Gasteiger partial charge in [-0.2, -0.15) is 42.5 Å². The third-order valence-electron chi connectivity index (χ3n) is 5.38. The van der Waals surface area contributed by atoms with Gasteiger partial charge in [0.1, 0.15) is 0 Å². The second kappa shape index (κ2) is 11.0. The molecule has 2 aliphatic rings. The number of aliphatic hydroxyl groups excluding tert-OH is 1. The van der Waals surface area contributed by atoms with Gasteiger partial charge in [-0.15, -0.1) is 0 Å². The van der Waals surface area contributed by atoms with Gasteiger partial charge in [-0.25, -0.2) is 0 Å². The summed E-state index contributed by atoms with van der Waals surface area (Å²) < 4.78 is 91.0. The predicted molar refractivity (Wildman–Crippen MR) is 107 cm³/mol. The molecule has 0 aromatic rings. The van der Waals surface area contributed by atoms with Crippen LogP contribution in [0.3, 0.4) is 0 Å². The van der Waals surface area contributed by atoms with Gasteiger partial charge in [-0.3, -0.25) is 14.9 Å². The van der Waals surface area contributed by atoms with E-state index in [1.54, 1.807) is 6.92 Å². The van der Waals surface area contributed by atoms with Gasteiger partial charge in [0.05, 0.1) is 18.6 Å². The Kier molecular flexibility index (Phi) is 9.30. The number of nitrogens with one attached hydrogen (secondary N) is 3. The highest BCUT2D eigenvalue weighted by atomic mass is 32.2. The summed E-state index contributed by atoms with van der Waals surface area (Å²) in [5.74, 6) is -12.7. The van der Waals surface area contributed by atoms with Crippen molar-refractivity contribution < 1.29 is 45.4 Å². The van der Waals surface area contributed by atoms with Crippen molar-refractivity contribution in [2.45, 2.75) is 81.3 Å². The van der Waals surface area contributed by atoms with Crippen molar-refractivity contribution in [3.05, 3.63) is 0 Å². The molecule has 0 spiro atoms. The highest BCUT2D eigenvalue weighted by Gasteiger charge is 2.72. The van der Waals surface area contributed by atoms with Crippen molar-refractivity contribution in [2.75, 3.05) is 18.1 Å². The van der Waals surface area contributed by atoms with E-state index in [-0.39, 0.29) is 18.2 Å². The summed E-state index contributed by atoms with van der Waals surface area (Å²) in [6.07, 6.45) is -4.63. The van der Waals surface area contributed by atoms with Gasteiger partial charge < -0.3 is 15.7 Å². The Hall–Kier alpha value is -1.28. The van der Waals surface area contributed by atoms with Crippen molar-refractivity contribution >= 4 is 23.6 Å². The average Bonchev–Trinajstić information content (AvgIpc) is 3.63. The first-order chi connectivity index (χ1) is 15.2. The van der Waals surface area contributed by atoms with Crippen molar-refractivity contribution in [2.24, 2.45) is 5.92 Å². The minimum Gasteiger partial charge on any atom is -0.381 e. The van der Waals surface area contributed by atoms with Gasteiger partial charge in [0.15, 0.2) is 6.10 Å². The Bertz CT molecular complexity index is 688. The maximum atomic E-state index is 13.7. The zero-order valence-electron chi connectivity index (χ0n) is 17.9. The summed E-state index contributed by atoms with van der Waals surface area (Å²) in [7, 11) is 0. The Morgan fingerprint density at radius 2 is 1.64 bits per heavy atom. The Balaban J connectivity index is 2.02. The van der Waals surface area contributed by atoms with Gasteiger partial charge >= 0.3 is 18.0 Å². The number of rotatable bonds is 14. The molecule has 192 valence electrons. The topological polar surface area (TPSA) is 90.5 Å². The molecular weight excluding hydrogens is 483 g/mol. The van der Waals surface area contributed by atoms with Crippen LogP contribution < -0.4 is 16.0 Å². The van der Waals surface area contributed by atoms with Crippen LogP contribution >= 0.6 is 11.8 Å². The van der Waals surface area contributed by atoms with Crippen LogP contribution in [0.2, 0.25) is 0 Å². The van der Waals surface area contributed by atoms with Crippen LogP contribution in [0.4, 0.5) is 30.7 Å². The number of hydrogen-bond donors (Lipinski definition) is 4. The molecule has 3 atom stereocenters. The number of halogens is 7. The van der Waals surface area contributed by atoms with E-state index in [2.05, 4.69) is 10.6 Å². The summed E-state index contributed by atoms with van der Waals surface area (Å²) >= 11 is 1.17. The standard InChI is InChI=1S/C19H28F7N3O3S/c1-2-12(14(30)16(32)28-11-5-6-11)29-15(31)13(8-33-7-10-3-4-10)27-9-17(20,21)18(22,23)19(24,25)26/h10-14,27,30H,2-9H2,1H3,(H,28,32)(H,29,31)/t12-,13-,14?/m0/s1. The fraction of sp³-hybridized carbons (Fsp3) is 0.895. The maximum absolute atomic E-state index is 13.7. The number of alkyl halides is 7. The van der Waals surface area contributed by atoms with Crippen LogP contribution in [0.1, 0.15) is 39.0 Å². The molecule has 4 N–H and O–H groups in total. The molecule has 0 radical (unpaired) electrons. The van der Waals surface area contributed by atoms with E-state index in [1.807, 2.05) is 5.32 Å². The van der Waals surface area contributed by atoms with Crippen LogP contribution in [0.5, 0.6) is 0 Å². The highest BCUT2D eigenvalue weighted by Crippen LogP contribution is 2.46. The van der Waals surface area contributed by atoms with E-state index in [4.69, 9.17) is 0 Å². The first-order valence-corrected chi connectivity index (χ1v) is 11.8. The van der Waals surface area contributed by atoms with Gasteiger partial charge in [-0.1, -0.05) is 6.92 Å². The number of carbonyl (C=O) groups is 2. The lowest BCUT2D eigenvalue weighted by Crippen LogP contribution is -2.60. The monoisotopic (exact) mass is 511 g/mol. The fourth-order valence-corrected chi connectivity index (χ4v) is 4.13. The first kappa shape index (κ1) is 28.0. The molecule has 0 aromatic carbocycles. The molecule has 0 saturated heterocycles. The van der Waals surface area contributed by atoms with Crippen LogP contribution in [0, 0.1) is 5.92 Å². The zero-order valence-corrected chi connectivity index (χ0v) is 18.7. The molecule has 0 bridgehead atoms. The second-order valence-corrected chi connectivity index (χ2v) is 9.52. The maximum Gasteiger partial charge on any atom is 0.459 e. The van der Waals surface area contributed by atoms with E-state index in [0.717, 1.165) is 25.7 Å². The van der Waals surface area contributed by atoms with Crippen molar-refractivity contribution in [1.29, 1.82) is 0 Å². The Morgan fingerprint density at radius 3 is 2.12 bits per heavy atom. The van der Waals surface area contributed by atoms with Gasteiger partial charge in [-0.05, 0) is 43.8 Å². The van der Waals surface area contributed by atoms with Crippen LogP contribution in [0.15, 0.2) is 0 Å². The minimum absolute atomic E-state index is 0.0638. The van der Waals surface area contributed by atoms with E-state index in [9.17, 15) is 45.4 Å². The molecule has 2 rings (SSSR count). The molecule has 14 heteroatoms. The highest BCUT2D eigenvalue weighted by molar-refractivity contribution is 7.99. The lowest BCUT2D eigenvalue weighted by Gasteiger charge is -2.30. The third kappa shape index (κ3) is 7.88. The molecule has 2 amide bonds. The average molecular weight is 512 g/mol. The molecule has 0 aromatic heterocycles. The quantitative estimate of drug-likeness (QED) is 0.269. The summed E-state index contributed by atoms with van der Waals surface area (Å²) in [5, 5.41) is 16.9. The normalized spacial score (nSPS) is 20.2. The van der Waals surface area contributed by atoms with E-state index in [1.165, 1.54) is 11.8 Å².